The first-order chi connectivity index (χ1) is 9.34. The van der Waals surface area contributed by atoms with Gasteiger partial charge in [-0.2, -0.15) is 4.98 Å². The summed E-state index contributed by atoms with van der Waals surface area (Å²) in [6.07, 6.45) is 1.89. The molecule has 0 unspecified atom stereocenters. The van der Waals surface area contributed by atoms with Gasteiger partial charge in [-0.25, -0.2) is 4.68 Å². The molecule has 0 saturated heterocycles. The Hall–Kier alpha value is -1.76. The van der Waals surface area contributed by atoms with E-state index >= 15 is 0 Å². The molecule has 2 rings (SSSR count). The number of hydrogen-bond acceptors (Lipinski definition) is 6. The first-order valence-corrected chi connectivity index (χ1v) is 6.80. The van der Waals surface area contributed by atoms with Crippen molar-refractivity contribution in [3.05, 3.63) is 23.6 Å². The van der Waals surface area contributed by atoms with E-state index in [1.807, 2.05) is 27.0 Å². The molecule has 2 aromatic rings. The quantitative estimate of drug-likeness (QED) is 0.892. The average molecular weight is 278 g/mol. The summed E-state index contributed by atoms with van der Waals surface area (Å²) >= 11 is 0. The van der Waals surface area contributed by atoms with Crippen molar-refractivity contribution >= 4 is 0 Å². The highest BCUT2D eigenvalue weighted by Crippen LogP contribution is 2.18. The maximum absolute atomic E-state index is 5.24. The van der Waals surface area contributed by atoms with Gasteiger partial charge in [0.1, 0.15) is 6.54 Å². The molecule has 0 saturated carbocycles. The van der Waals surface area contributed by atoms with E-state index in [9.17, 15) is 0 Å². The molecule has 110 valence electrons. The van der Waals surface area contributed by atoms with E-state index in [0.717, 1.165) is 5.69 Å². The molecule has 0 bridgehead atoms. The highest BCUT2D eigenvalue weighted by atomic mass is 16.5. The number of nitrogens with zero attached hydrogens (tertiary/aromatic N) is 5. The summed E-state index contributed by atoms with van der Waals surface area (Å²) in [4.78, 5) is 4.38. The van der Waals surface area contributed by atoms with Gasteiger partial charge in [0.05, 0.1) is 11.9 Å². The smallest absolute Gasteiger partial charge is 0.248 e. The van der Waals surface area contributed by atoms with Crippen LogP contribution in [0.5, 0.6) is 0 Å². The van der Waals surface area contributed by atoms with E-state index in [1.54, 1.807) is 4.68 Å². The molecular formula is C13H22N6O. The topological polar surface area (TPSA) is 81.7 Å². The molecule has 0 atom stereocenters. The molecule has 1 N–H and O–H groups in total. The normalized spacial score (nSPS) is 12.3. The summed E-state index contributed by atoms with van der Waals surface area (Å²) in [6, 6.07) is 0.422. The third-order valence-electron chi connectivity index (χ3n) is 2.71. The molecule has 0 aromatic carbocycles. The molecule has 0 radical (unpaired) electrons. The second-order valence-electron chi connectivity index (χ2n) is 6.20. The Kier molecular flexibility index (Phi) is 4.17. The summed E-state index contributed by atoms with van der Waals surface area (Å²) in [5.41, 5.74) is 0.783. The zero-order valence-corrected chi connectivity index (χ0v) is 12.7. The van der Waals surface area contributed by atoms with E-state index < -0.39 is 0 Å². The van der Waals surface area contributed by atoms with E-state index in [4.69, 9.17) is 4.52 Å². The maximum Gasteiger partial charge on any atom is 0.248 e. The Morgan fingerprint density at radius 3 is 2.70 bits per heavy atom. The van der Waals surface area contributed by atoms with Gasteiger partial charge in [-0.15, -0.1) is 5.10 Å². The lowest BCUT2D eigenvalue weighted by Gasteiger charge is -2.10. The lowest BCUT2D eigenvalue weighted by molar-refractivity contribution is 0.352. The van der Waals surface area contributed by atoms with E-state index in [-0.39, 0.29) is 5.41 Å². The van der Waals surface area contributed by atoms with Gasteiger partial charge in [-0.3, -0.25) is 0 Å². The number of hydrogen-bond donors (Lipinski definition) is 1. The first kappa shape index (κ1) is 14.6. The largest absolute Gasteiger partial charge is 0.337 e. The fourth-order valence-corrected chi connectivity index (χ4v) is 1.57. The van der Waals surface area contributed by atoms with Crippen molar-refractivity contribution in [1.82, 2.24) is 30.5 Å². The standard InChI is InChI=1S/C13H22N6O/c1-9(2)14-6-10-7-19(18-16-10)8-11-15-12(17-20-11)13(3,4)5/h7,9,14H,6,8H2,1-5H3. The van der Waals surface area contributed by atoms with Crippen LogP contribution in [0.1, 0.15) is 52.0 Å². The molecule has 0 fully saturated rings. The minimum absolute atomic E-state index is 0.115. The molecule has 20 heavy (non-hydrogen) atoms. The van der Waals surface area contributed by atoms with Crippen molar-refractivity contribution in [1.29, 1.82) is 0 Å². The highest BCUT2D eigenvalue weighted by molar-refractivity contribution is 5.00. The minimum Gasteiger partial charge on any atom is -0.337 e. The predicted molar refractivity (Wildman–Crippen MR) is 74.1 cm³/mol. The second-order valence-corrected chi connectivity index (χ2v) is 6.20. The van der Waals surface area contributed by atoms with Crippen LogP contribution in [0, 0.1) is 0 Å². The van der Waals surface area contributed by atoms with Crippen LogP contribution >= 0.6 is 0 Å². The Balaban J connectivity index is 1.98. The Morgan fingerprint density at radius 1 is 1.35 bits per heavy atom. The number of aromatic nitrogens is 5. The minimum atomic E-state index is -0.115. The number of nitrogens with one attached hydrogen (secondary N) is 1. The van der Waals surface area contributed by atoms with Crippen LogP contribution in [-0.4, -0.2) is 31.2 Å². The third-order valence-corrected chi connectivity index (χ3v) is 2.71. The molecule has 7 nitrogen and oxygen atoms in total. The molecule has 7 heteroatoms. The van der Waals surface area contributed by atoms with Gasteiger partial charge in [-0.05, 0) is 0 Å². The predicted octanol–water partition coefficient (Wildman–Crippen LogP) is 1.50. The van der Waals surface area contributed by atoms with Crippen molar-refractivity contribution in [3.8, 4) is 0 Å². The molecule has 0 aliphatic carbocycles. The van der Waals surface area contributed by atoms with Gasteiger partial charge in [0.25, 0.3) is 0 Å². The molecule has 2 aromatic heterocycles. The van der Waals surface area contributed by atoms with Gasteiger partial charge in [-0.1, -0.05) is 45.0 Å². The fraction of sp³-hybridized carbons (Fsp3) is 0.692. The van der Waals surface area contributed by atoms with Crippen LogP contribution in [-0.2, 0) is 18.5 Å². The van der Waals surface area contributed by atoms with Crippen LogP contribution in [0.4, 0.5) is 0 Å². The summed E-state index contributed by atoms with van der Waals surface area (Å²) in [7, 11) is 0. The molecule has 0 aliphatic heterocycles. The van der Waals surface area contributed by atoms with Crippen LogP contribution in [0.2, 0.25) is 0 Å². The van der Waals surface area contributed by atoms with Gasteiger partial charge in [0, 0.05) is 18.0 Å². The van der Waals surface area contributed by atoms with Gasteiger partial charge in [0.2, 0.25) is 5.89 Å². The average Bonchev–Trinajstić information content (AvgIpc) is 2.95. The van der Waals surface area contributed by atoms with Crippen molar-refractivity contribution in [2.75, 3.05) is 0 Å². The van der Waals surface area contributed by atoms with E-state index in [0.29, 0.717) is 30.8 Å². The zero-order valence-electron chi connectivity index (χ0n) is 12.7. The van der Waals surface area contributed by atoms with Crippen LogP contribution in [0.25, 0.3) is 0 Å². The lowest BCUT2D eigenvalue weighted by atomic mass is 9.96. The lowest BCUT2D eigenvalue weighted by Crippen LogP contribution is -2.21. The molecule has 2 heterocycles. The van der Waals surface area contributed by atoms with Crippen LogP contribution in [0.15, 0.2) is 10.7 Å². The SMILES string of the molecule is CC(C)NCc1cn(Cc2nc(C(C)(C)C)no2)nn1. The molecule has 0 amide bonds. The summed E-state index contributed by atoms with van der Waals surface area (Å²) in [6.45, 7) is 11.5. The summed E-state index contributed by atoms with van der Waals surface area (Å²) < 4.78 is 6.94. The Morgan fingerprint density at radius 2 is 2.10 bits per heavy atom. The van der Waals surface area contributed by atoms with Crippen molar-refractivity contribution in [3.63, 3.8) is 0 Å². The number of rotatable bonds is 5. The van der Waals surface area contributed by atoms with Gasteiger partial charge < -0.3 is 9.84 Å². The van der Waals surface area contributed by atoms with Gasteiger partial charge in [0.15, 0.2) is 5.82 Å². The van der Waals surface area contributed by atoms with Crippen LogP contribution in [0.3, 0.4) is 0 Å². The van der Waals surface area contributed by atoms with Gasteiger partial charge >= 0.3 is 0 Å². The molecule has 0 spiro atoms. The maximum atomic E-state index is 5.24. The Bertz CT molecular complexity index is 551. The van der Waals surface area contributed by atoms with E-state index in [1.165, 1.54) is 0 Å². The molecular weight excluding hydrogens is 256 g/mol. The van der Waals surface area contributed by atoms with Crippen LogP contribution < -0.4 is 5.32 Å². The van der Waals surface area contributed by atoms with Crippen molar-refractivity contribution in [2.24, 2.45) is 0 Å². The Labute approximate surface area is 118 Å². The van der Waals surface area contributed by atoms with Crippen molar-refractivity contribution < 1.29 is 4.52 Å². The second kappa shape index (κ2) is 5.70. The monoisotopic (exact) mass is 278 g/mol. The zero-order chi connectivity index (χ0) is 14.8. The fourth-order valence-electron chi connectivity index (χ4n) is 1.57. The first-order valence-electron chi connectivity index (χ1n) is 6.80. The molecule has 0 aliphatic rings. The highest BCUT2D eigenvalue weighted by Gasteiger charge is 2.21. The van der Waals surface area contributed by atoms with Crippen molar-refractivity contribution in [2.45, 2.75) is 59.2 Å². The summed E-state index contributed by atoms with van der Waals surface area (Å²) in [5.74, 6) is 1.25. The van der Waals surface area contributed by atoms with E-state index in [2.05, 4.69) is 39.6 Å². The third kappa shape index (κ3) is 3.86. The summed E-state index contributed by atoms with van der Waals surface area (Å²) in [5, 5.41) is 15.4.